The molecule has 1 saturated carbocycles. The molecule has 1 aliphatic carbocycles. The first-order valence-electron chi connectivity index (χ1n) is 6.49. The van der Waals surface area contributed by atoms with Crippen molar-refractivity contribution >= 4 is 5.91 Å². The summed E-state index contributed by atoms with van der Waals surface area (Å²) in [4.78, 5) is 13.2. The summed E-state index contributed by atoms with van der Waals surface area (Å²) < 4.78 is 5.84. The molecule has 0 aromatic rings. The second kappa shape index (κ2) is 4.58. The van der Waals surface area contributed by atoms with Crippen molar-refractivity contribution in [3.63, 3.8) is 0 Å². The van der Waals surface area contributed by atoms with Gasteiger partial charge in [0, 0.05) is 38.1 Å². The van der Waals surface area contributed by atoms with E-state index in [1.807, 2.05) is 0 Å². The first kappa shape index (κ1) is 12.8. The summed E-state index contributed by atoms with van der Waals surface area (Å²) in [6.45, 7) is 5.80. The predicted octanol–water partition coefficient (Wildman–Crippen LogP) is 0.868. The summed E-state index contributed by atoms with van der Waals surface area (Å²) in [7, 11) is 3.59. The van der Waals surface area contributed by atoms with Crippen LogP contribution in [-0.4, -0.2) is 50.2 Å². The van der Waals surface area contributed by atoms with E-state index >= 15 is 0 Å². The maximum Gasteiger partial charge on any atom is 0.236 e. The van der Waals surface area contributed by atoms with Gasteiger partial charge in [0.1, 0.15) is 0 Å². The van der Waals surface area contributed by atoms with Gasteiger partial charge in [0.25, 0.3) is 0 Å². The van der Waals surface area contributed by atoms with E-state index in [0.29, 0.717) is 24.6 Å². The molecule has 0 aromatic heterocycles. The molecule has 17 heavy (non-hydrogen) atoms. The molecular formula is C13H24N2O2. The van der Waals surface area contributed by atoms with Gasteiger partial charge >= 0.3 is 0 Å². The third kappa shape index (κ3) is 2.20. The van der Waals surface area contributed by atoms with Crippen LogP contribution in [0.1, 0.15) is 26.7 Å². The first-order chi connectivity index (χ1) is 7.94. The summed E-state index contributed by atoms with van der Waals surface area (Å²) in [5, 5.41) is 3.42. The number of rotatable bonds is 3. The molecule has 1 N–H and O–H groups in total. The highest BCUT2D eigenvalue weighted by atomic mass is 16.5. The van der Waals surface area contributed by atoms with Gasteiger partial charge in [0.2, 0.25) is 5.91 Å². The van der Waals surface area contributed by atoms with Crippen molar-refractivity contribution in [2.75, 3.05) is 27.2 Å². The maximum absolute atomic E-state index is 11.6. The van der Waals surface area contributed by atoms with Gasteiger partial charge in [-0.2, -0.15) is 0 Å². The Bertz CT molecular complexity index is 302. The van der Waals surface area contributed by atoms with Crippen LogP contribution in [0.4, 0.5) is 0 Å². The van der Waals surface area contributed by atoms with Crippen molar-refractivity contribution in [3.8, 4) is 0 Å². The molecule has 3 unspecified atom stereocenters. The molecule has 1 saturated heterocycles. The molecule has 2 rings (SSSR count). The van der Waals surface area contributed by atoms with Gasteiger partial charge in [-0.3, -0.25) is 4.79 Å². The van der Waals surface area contributed by atoms with E-state index in [-0.39, 0.29) is 11.3 Å². The number of likely N-dealkylation sites (N-methyl/N-ethyl adjacent to an activating group) is 1. The van der Waals surface area contributed by atoms with E-state index in [9.17, 15) is 4.79 Å². The smallest absolute Gasteiger partial charge is 0.236 e. The molecule has 2 aliphatic rings. The van der Waals surface area contributed by atoms with E-state index < -0.39 is 0 Å². The van der Waals surface area contributed by atoms with Crippen LogP contribution in [0.25, 0.3) is 0 Å². The molecule has 1 aliphatic heterocycles. The Hall–Kier alpha value is -0.610. The van der Waals surface area contributed by atoms with Crippen molar-refractivity contribution in [1.82, 2.24) is 10.2 Å². The largest absolute Gasteiger partial charge is 0.377 e. The van der Waals surface area contributed by atoms with Crippen molar-refractivity contribution in [2.45, 2.75) is 38.8 Å². The summed E-state index contributed by atoms with van der Waals surface area (Å²) in [5.74, 6) is 0.731. The number of ether oxygens (including phenoxy) is 1. The zero-order valence-electron chi connectivity index (χ0n) is 11.3. The van der Waals surface area contributed by atoms with Crippen molar-refractivity contribution in [2.24, 2.45) is 11.3 Å². The van der Waals surface area contributed by atoms with Crippen LogP contribution < -0.4 is 5.32 Å². The topological polar surface area (TPSA) is 41.6 Å². The van der Waals surface area contributed by atoms with Crippen LogP contribution >= 0.6 is 0 Å². The van der Waals surface area contributed by atoms with Crippen molar-refractivity contribution in [1.29, 1.82) is 0 Å². The number of nitrogens with one attached hydrogen (secondary N) is 1. The molecule has 4 nitrogen and oxygen atoms in total. The summed E-state index contributed by atoms with van der Waals surface area (Å²) in [5.41, 5.74) is 0.150. The Kier molecular flexibility index (Phi) is 3.46. The molecule has 1 heterocycles. The second-order valence-electron chi connectivity index (χ2n) is 6.07. The van der Waals surface area contributed by atoms with Gasteiger partial charge in [-0.15, -0.1) is 0 Å². The minimum Gasteiger partial charge on any atom is -0.377 e. The molecule has 4 heteroatoms. The molecule has 0 spiro atoms. The summed E-state index contributed by atoms with van der Waals surface area (Å²) in [6.07, 6.45) is 2.75. The third-order valence-corrected chi connectivity index (χ3v) is 4.30. The molecule has 0 aromatic carbocycles. The minimum absolute atomic E-state index is 0.140. The fourth-order valence-electron chi connectivity index (χ4n) is 3.29. The number of hydrogen-bond donors (Lipinski definition) is 1. The molecule has 98 valence electrons. The Morgan fingerprint density at radius 3 is 2.82 bits per heavy atom. The molecule has 0 radical (unpaired) electrons. The molecule has 3 atom stereocenters. The lowest BCUT2D eigenvalue weighted by Crippen LogP contribution is -2.69. The van der Waals surface area contributed by atoms with E-state index in [1.165, 1.54) is 6.42 Å². The van der Waals surface area contributed by atoms with Gasteiger partial charge in [-0.25, -0.2) is 0 Å². The summed E-state index contributed by atoms with van der Waals surface area (Å²) in [6, 6.07) is 0.414. The predicted molar refractivity (Wildman–Crippen MR) is 66.7 cm³/mol. The zero-order valence-corrected chi connectivity index (χ0v) is 11.3. The van der Waals surface area contributed by atoms with E-state index in [2.05, 4.69) is 19.2 Å². The number of nitrogens with zero attached hydrogens (tertiary/aromatic N) is 1. The standard InChI is InChI=1S/C13H24N2O2/c1-13(2)11(14-8-10(16)15(3)4)9-6-5-7-17-12(9)13/h9,11-12,14H,5-8H2,1-4H3. The average Bonchev–Trinajstić information content (AvgIpc) is 2.28. The van der Waals surface area contributed by atoms with E-state index in [1.54, 1.807) is 19.0 Å². The number of carbonyl (C=O) groups excluding carboxylic acids is 1. The Morgan fingerprint density at radius 2 is 2.18 bits per heavy atom. The average molecular weight is 240 g/mol. The number of amides is 1. The lowest BCUT2D eigenvalue weighted by Gasteiger charge is -2.60. The van der Waals surface area contributed by atoms with Crippen LogP contribution in [0.5, 0.6) is 0 Å². The number of hydrogen-bond acceptors (Lipinski definition) is 3. The SMILES string of the molecule is CN(C)C(=O)CNC1C2CCCOC2C1(C)C. The minimum atomic E-state index is 0.140. The van der Waals surface area contributed by atoms with E-state index in [4.69, 9.17) is 4.74 Å². The van der Waals surface area contributed by atoms with Crippen LogP contribution in [0.15, 0.2) is 0 Å². The second-order valence-corrected chi connectivity index (χ2v) is 6.07. The zero-order chi connectivity index (χ0) is 12.6. The molecular weight excluding hydrogens is 216 g/mol. The molecule has 1 amide bonds. The van der Waals surface area contributed by atoms with Gasteiger partial charge in [-0.1, -0.05) is 13.8 Å². The van der Waals surface area contributed by atoms with Crippen LogP contribution in [0.3, 0.4) is 0 Å². The van der Waals surface area contributed by atoms with Gasteiger partial charge < -0.3 is 15.0 Å². The number of fused-ring (bicyclic) bond motifs is 1. The Balaban J connectivity index is 1.90. The highest BCUT2D eigenvalue weighted by molar-refractivity contribution is 5.77. The monoisotopic (exact) mass is 240 g/mol. The van der Waals surface area contributed by atoms with Crippen molar-refractivity contribution < 1.29 is 9.53 Å². The normalized spacial score (nSPS) is 34.7. The summed E-state index contributed by atoms with van der Waals surface area (Å²) >= 11 is 0. The van der Waals surface area contributed by atoms with Gasteiger partial charge in [-0.05, 0) is 12.8 Å². The maximum atomic E-state index is 11.6. The van der Waals surface area contributed by atoms with Crippen LogP contribution in [-0.2, 0) is 9.53 Å². The molecule has 0 bridgehead atoms. The molecule has 2 fully saturated rings. The van der Waals surface area contributed by atoms with Gasteiger partial charge in [0.15, 0.2) is 0 Å². The lowest BCUT2D eigenvalue weighted by atomic mass is 9.55. The highest BCUT2D eigenvalue weighted by Gasteiger charge is 2.57. The van der Waals surface area contributed by atoms with Crippen LogP contribution in [0.2, 0.25) is 0 Å². The fraction of sp³-hybridized carbons (Fsp3) is 0.923. The lowest BCUT2D eigenvalue weighted by molar-refractivity contribution is -0.192. The third-order valence-electron chi connectivity index (χ3n) is 4.30. The Labute approximate surface area is 104 Å². The number of carbonyl (C=O) groups is 1. The van der Waals surface area contributed by atoms with Crippen molar-refractivity contribution in [3.05, 3.63) is 0 Å². The quantitative estimate of drug-likeness (QED) is 0.796. The van der Waals surface area contributed by atoms with E-state index in [0.717, 1.165) is 13.0 Å². The Morgan fingerprint density at radius 1 is 1.47 bits per heavy atom. The fourth-order valence-corrected chi connectivity index (χ4v) is 3.29. The van der Waals surface area contributed by atoms with Gasteiger partial charge in [0.05, 0.1) is 12.6 Å². The first-order valence-corrected chi connectivity index (χ1v) is 6.49. The van der Waals surface area contributed by atoms with Crippen LogP contribution in [0, 0.1) is 11.3 Å². The highest BCUT2D eigenvalue weighted by Crippen LogP contribution is 2.51.